The summed E-state index contributed by atoms with van der Waals surface area (Å²) in [5.41, 5.74) is 2.24. The Balaban J connectivity index is 2.07. The molecule has 0 spiro atoms. The van der Waals surface area contributed by atoms with Crippen molar-refractivity contribution in [1.29, 1.82) is 0 Å². The van der Waals surface area contributed by atoms with Crippen LogP contribution in [0.2, 0.25) is 0 Å². The molecule has 1 aromatic heterocycles. The molecule has 0 atom stereocenters. The van der Waals surface area contributed by atoms with Crippen molar-refractivity contribution < 1.29 is 9.26 Å². The molecular weight excluding hydrogens is 266 g/mol. The number of hydrogen-bond donors (Lipinski definition) is 1. The Morgan fingerprint density at radius 2 is 2.14 bits per heavy atom. The molecule has 0 saturated heterocycles. The molecule has 5 heteroatoms. The Morgan fingerprint density at radius 3 is 2.81 bits per heavy atom. The van der Waals surface area contributed by atoms with E-state index in [1.165, 1.54) is 0 Å². The minimum atomic E-state index is 0.298. The number of para-hydroxylation sites is 1. The quantitative estimate of drug-likeness (QED) is 0.849. The predicted molar refractivity (Wildman–Crippen MR) is 81.2 cm³/mol. The van der Waals surface area contributed by atoms with Crippen molar-refractivity contribution in [3.63, 3.8) is 0 Å². The number of hydrogen-bond acceptors (Lipinski definition) is 5. The van der Waals surface area contributed by atoms with Gasteiger partial charge in [-0.3, -0.25) is 0 Å². The molecule has 114 valence electrons. The number of ether oxygens (including phenoxy) is 1. The van der Waals surface area contributed by atoms with Crippen molar-refractivity contribution in [3.05, 3.63) is 41.0 Å². The van der Waals surface area contributed by atoms with Gasteiger partial charge >= 0.3 is 0 Å². The third-order valence-electron chi connectivity index (χ3n) is 3.16. The average molecular weight is 289 g/mol. The fourth-order valence-electron chi connectivity index (χ4n) is 2.00. The van der Waals surface area contributed by atoms with Crippen molar-refractivity contribution >= 4 is 0 Å². The molecule has 0 saturated carbocycles. The van der Waals surface area contributed by atoms with Gasteiger partial charge in [0, 0.05) is 24.6 Å². The Kier molecular flexibility index (Phi) is 5.33. The Labute approximate surface area is 125 Å². The van der Waals surface area contributed by atoms with E-state index in [4.69, 9.17) is 9.26 Å². The fourth-order valence-corrected chi connectivity index (χ4v) is 2.00. The molecule has 0 bridgehead atoms. The van der Waals surface area contributed by atoms with Gasteiger partial charge in [-0.05, 0) is 12.5 Å². The molecular formula is C16H23N3O2. The molecule has 0 amide bonds. The van der Waals surface area contributed by atoms with Crippen molar-refractivity contribution in [2.75, 3.05) is 0 Å². The highest BCUT2D eigenvalue weighted by molar-refractivity contribution is 5.40. The van der Waals surface area contributed by atoms with Crippen LogP contribution >= 0.6 is 0 Å². The summed E-state index contributed by atoms with van der Waals surface area (Å²) in [5.74, 6) is 2.11. The molecule has 2 aromatic rings. The highest BCUT2D eigenvalue weighted by Crippen LogP contribution is 2.24. The lowest BCUT2D eigenvalue weighted by Crippen LogP contribution is -2.22. The average Bonchev–Trinajstić information content (AvgIpc) is 2.92. The summed E-state index contributed by atoms with van der Waals surface area (Å²) in [7, 11) is 0. The normalized spacial score (nSPS) is 11.1. The van der Waals surface area contributed by atoms with Gasteiger partial charge in [-0.25, -0.2) is 0 Å². The van der Waals surface area contributed by atoms with Crippen LogP contribution in [0.3, 0.4) is 0 Å². The Morgan fingerprint density at radius 1 is 1.33 bits per heavy atom. The van der Waals surface area contributed by atoms with Gasteiger partial charge in [0.25, 0.3) is 5.89 Å². The van der Waals surface area contributed by atoms with Gasteiger partial charge in [-0.15, -0.1) is 0 Å². The maximum atomic E-state index is 5.91. The van der Waals surface area contributed by atoms with Crippen LogP contribution in [0.4, 0.5) is 0 Å². The first-order chi connectivity index (χ1) is 10.1. The van der Waals surface area contributed by atoms with Crippen molar-refractivity contribution in [2.45, 2.75) is 53.3 Å². The number of aromatic nitrogens is 2. The van der Waals surface area contributed by atoms with Crippen molar-refractivity contribution in [2.24, 2.45) is 0 Å². The van der Waals surface area contributed by atoms with Crippen molar-refractivity contribution in [3.8, 4) is 5.75 Å². The molecule has 2 rings (SSSR count). The summed E-state index contributed by atoms with van der Waals surface area (Å²) in [5, 5.41) is 7.28. The molecule has 0 aliphatic rings. The number of benzene rings is 1. The monoisotopic (exact) mass is 289 g/mol. The van der Waals surface area contributed by atoms with Crippen LogP contribution in [0.1, 0.15) is 43.6 Å². The smallest absolute Gasteiger partial charge is 0.264 e. The zero-order chi connectivity index (χ0) is 15.2. The van der Waals surface area contributed by atoms with Gasteiger partial charge in [0.05, 0.1) is 0 Å². The summed E-state index contributed by atoms with van der Waals surface area (Å²) in [4.78, 5) is 4.26. The van der Waals surface area contributed by atoms with E-state index in [1.54, 1.807) is 0 Å². The Hall–Kier alpha value is -1.88. The predicted octanol–water partition coefficient (Wildman–Crippen LogP) is 3.02. The van der Waals surface area contributed by atoms with E-state index in [2.05, 4.69) is 35.4 Å². The molecule has 0 aliphatic heterocycles. The van der Waals surface area contributed by atoms with E-state index in [1.807, 2.05) is 26.0 Å². The topological polar surface area (TPSA) is 60.2 Å². The summed E-state index contributed by atoms with van der Waals surface area (Å²) < 4.78 is 11.1. The summed E-state index contributed by atoms with van der Waals surface area (Å²) in [6, 6.07) is 6.59. The van der Waals surface area contributed by atoms with E-state index in [9.17, 15) is 0 Å². The number of rotatable bonds is 7. The maximum absolute atomic E-state index is 5.91. The lowest BCUT2D eigenvalue weighted by atomic mass is 10.1. The SMILES string of the molecule is CCc1noc(COc2c(C)cccc2CNC(C)C)n1. The van der Waals surface area contributed by atoms with Gasteiger partial charge in [0.2, 0.25) is 0 Å². The van der Waals surface area contributed by atoms with Crippen LogP contribution in [-0.2, 0) is 19.6 Å². The summed E-state index contributed by atoms with van der Waals surface area (Å²) >= 11 is 0. The van der Waals surface area contributed by atoms with Crippen LogP contribution in [0.15, 0.2) is 22.7 Å². The van der Waals surface area contributed by atoms with Crippen molar-refractivity contribution in [1.82, 2.24) is 15.5 Å². The molecule has 0 unspecified atom stereocenters. The number of nitrogens with one attached hydrogen (secondary N) is 1. The van der Waals surface area contributed by atoms with E-state index < -0.39 is 0 Å². The minimum Gasteiger partial charge on any atom is -0.483 e. The van der Waals surface area contributed by atoms with Gasteiger partial charge in [-0.1, -0.05) is 44.1 Å². The van der Waals surface area contributed by atoms with Crippen LogP contribution in [0, 0.1) is 6.92 Å². The zero-order valence-corrected chi connectivity index (χ0v) is 13.1. The van der Waals surface area contributed by atoms with E-state index >= 15 is 0 Å². The van der Waals surface area contributed by atoms with Gasteiger partial charge in [-0.2, -0.15) is 4.98 Å². The molecule has 0 aliphatic carbocycles. The molecule has 1 N–H and O–H groups in total. The summed E-state index contributed by atoms with van der Waals surface area (Å²) in [6.45, 7) is 9.36. The zero-order valence-electron chi connectivity index (χ0n) is 13.1. The lowest BCUT2D eigenvalue weighted by Gasteiger charge is -2.15. The highest BCUT2D eigenvalue weighted by Gasteiger charge is 2.10. The molecule has 1 heterocycles. The van der Waals surface area contributed by atoms with E-state index in [0.717, 1.165) is 29.8 Å². The first-order valence-corrected chi connectivity index (χ1v) is 7.36. The van der Waals surface area contributed by atoms with Gasteiger partial charge < -0.3 is 14.6 Å². The van der Waals surface area contributed by atoms with Crippen LogP contribution in [-0.4, -0.2) is 16.2 Å². The molecule has 21 heavy (non-hydrogen) atoms. The van der Waals surface area contributed by atoms with Crippen LogP contribution < -0.4 is 10.1 Å². The minimum absolute atomic E-state index is 0.298. The number of nitrogens with zero attached hydrogens (tertiary/aromatic N) is 2. The van der Waals surface area contributed by atoms with Gasteiger partial charge in [0.15, 0.2) is 12.4 Å². The maximum Gasteiger partial charge on any atom is 0.264 e. The molecule has 1 aromatic carbocycles. The lowest BCUT2D eigenvalue weighted by molar-refractivity contribution is 0.239. The molecule has 0 radical (unpaired) electrons. The van der Waals surface area contributed by atoms with Crippen LogP contribution in [0.25, 0.3) is 0 Å². The Bertz CT molecular complexity index is 579. The first kappa shape index (κ1) is 15.5. The standard InChI is InChI=1S/C16H23N3O2/c1-5-14-18-15(21-19-14)10-20-16-12(4)7-6-8-13(16)9-17-11(2)3/h6-8,11,17H,5,9-10H2,1-4H3. The second-order valence-electron chi connectivity index (χ2n) is 5.35. The molecule has 0 fully saturated rings. The first-order valence-electron chi connectivity index (χ1n) is 7.36. The molecule has 5 nitrogen and oxygen atoms in total. The second-order valence-corrected chi connectivity index (χ2v) is 5.35. The fraction of sp³-hybridized carbons (Fsp3) is 0.500. The van der Waals surface area contributed by atoms with E-state index in [-0.39, 0.29) is 0 Å². The largest absolute Gasteiger partial charge is 0.483 e. The third kappa shape index (κ3) is 4.29. The van der Waals surface area contributed by atoms with Crippen LogP contribution in [0.5, 0.6) is 5.75 Å². The number of aryl methyl sites for hydroxylation is 2. The van der Waals surface area contributed by atoms with E-state index in [0.29, 0.717) is 24.4 Å². The van der Waals surface area contributed by atoms with Gasteiger partial charge in [0.1, 0.15) is 5.75 Å². The third-order valence-corrected chi connectivity index (χ3v) is 3.16. The second kappa shape index (κ2) is 7.22. The summed E-state index contributed by atoms with van der Waals surface area (Å²) in [6.07, 6.45) is 0.761. The highest BCUT2D eigenvalue weighted by atomic mass is 16.5.